The predicted molar refractivity (Wildman–Crippen MR) is 98.0 cm³/mol. The highest BCUT2D eigenvalue weighted by Gasteiger charge is 2.04. The average molecular weight is 337 g/mol. The molecule has 0 saturated carbocycles. The molecule has 5 nitrogen and oxygen atoms in total. The molecule has 1 N–H and O–H groups in total. The van der Waals surface area contributed by atoms with Crippen molar-refractivity contribution in [2.45, 2.75) is 0 Å². The highest BCUT2D eigenvalue weighted by molar-refractivity contribution is 6.02. The van der Waals surface area contributed by atoms with Crippen LogP contribution in [-0.4, -0.2) is 26.7 Å². The molecule has 0 aliphatic carbocycles. The smallest absolute Gasteiger partial charge is 0.248 e. The summed E-state index contributed by atoms with van der Waals surface area (Å²) >= 11 is 0. The van der Waals surface area contributed by atoms with Crippen LogP contribution in [0.4, 0.5) is 5.69 Å². The zero-order valence-corrected chi connectivity index (χ0v) is 14.1. The second-order valence-corrected chi connectivity index (χ2v) is 4.95. The Balaban J connectivity index is 2.05. The van der Waals surface area contributed by atoms with Crippen molar-refractivity contribution in [2.24, 2.45) is 0 Å². The molecule has 128 valence electrons. The highest BCUT2D eigenvalue weighted by atomic mass is 16.5. The van der Waals surface area contributed by atoms with Crippen LogP contribution in [0.1, 0.15) is 5.56 Å². The van der Waals surface area contributed by atoms with Crippen molar-refractivity contribution in [3.05, 3.63) is 54.1 Å². The molecule has 0 unspecified atom stereocenters. The molecule has 0 aliphatic rings. The largest absolute Gasteiger partial charge is 0.497 e. The van der Waals surface area contributed by atoms with E-state index >= 15 is 0 Å². The topological polar surface area (TPSA) is 56.8 Å². The third-order valence-electron chi connectivity index (χ3n) is 3.28. The van der Waals surface area contributed by atoms with Crippen LogP contribution < -0.4 is 19.5 Å². The summed E-state index contributed by atoms with van der Waals surface area (Å²) in [6.45, 7) is 0.175. The molecule has 1 amide bonds. The van der Waals surface area contributed by atoms with E-state index in [4.69, 9.17) is 20.6 Å². The van der Waals surface area contributed by atoms with Gasteiger partial charge in [-0.25, -0.2) is 0 Å². The normalized spacial score (nSPS) is 10.1. The molecule has 0 aromatic heterocycles. The summed E-state index contributed by atoms with van der Waals surface area (Å²) in [5, 5.41) is 2.77. The van der Waals surface area contributed by atoms with Crippen molar-refractivity contribution in [3.63, 3.8) is 0 Å². The van der Waals surface area contributed by atoms with E-state index < -0.39 is 0 Å². The molecular formula is C20H19NO4. The maximum Gasteiger partial charge on any atom is 0.248 e. The van der Waals surface area contributed by atoms with E-state index in [1.165, 1.54) is 6.08 Å². The van der Waals surface area contributed by atoms with Crippen LogP contribution in [0, 0.1) is 12.3 Å². The lowest BCUT2D eigenvalue weighted by molar-refractivity contribution is -0.111. The zero-order chi connectivity index (χ0) is 18.1. The maximum absolute atomic E-state index is 12.1. The van der Waals surface area contributed by atoms with Crippen molar-refractivity contribution < 1.29 is 19.0 Å². The molecule has 25 heavy (non-hydrogen) atoms. The van der Waals surface area contributed by atoms with Gasteiger partial charge in [-0.15, -0.1) is 6.42 Å². The number of benzene rings is 2. The molecule has 0 atom stereocenters. The van der Waals surface area contributed by atoms with Crippen LogP contribution >= 0.6 is 0 Å². The summed E-state index contributed by atoms with van der Waals surface area (Å²) in [6.07, 6.45) is 8.26. The van der Waals surface area contributed by atoms with Crippen LogP contribution in [0.2, 0.25) is 0 Å². The maximum atomic E-state index is 12.1. The van der Waals surface area contributed by atoms with E-state index in [0.717, 1.165) is 5.56 Å². The van der Waals surface area contributed by atoms with E-state index in [-0.39, 0.29) is 12.5 Å². The zero-order valence-electron chi connectivity index (χ0n) is 14.1. The quantitative estimate of drug-likeness (QED) is 0.622. The van der Waals surface area contributed by atoms with Gasteiger partial charge in [0.1, 0.15) is 23.9 Å². The fourth-order valence-corrected chi connectivity index (χ4v) is 2.09. The van der Waals surface area contributed by atoms with Crippen molar-refractivity contribution in [3.8, 4) is 29.6 Å². The first kappa shape index (κ1) is 18.0. The van der Waals surface area contributed by atoms with Gasteiger partial charge in [-0.2, -0.15) is 0 Å². The van der Waals surface area contributed by atoms with Crippen molar-refractivity contribution in [1.82, 2.24) is 0 Å². The second-order valence-electron chi connectivity index (χ2n) is 4.95. The number of amides is 1. The molecule has 0 spiro atoms. The van der Waals surface area contributed by atoms with Gasteiger partial charge in [0.15, 0.2) is 0 Å². The molecule has 5 heteroatoms. The van der Waals surface area contributed by atoms with Crippen molar-refractivity contribution in [1.29, 1.82) is 0 Å². The number of anilines is 1. The minimum absolute atomic E-state index is 0.175. The molecule has 2 rings (SSSR count). The standard InChI is InChI=1S/C20H19NO4/c1-4-12-25-18-7-5-6-16(13-18)21-20(22)11-9-15-8-10-17(23-2)14-19(15)24-3/h1,5-11,13-14H,12H2,2-3H3,(H,21,22). The number of ether oxygens (including phenoxy) is 3. The minimum Gasteiger partial charge on any atom is -0.497 e. The van der Waals surface area contributed by atoms with Gasteiger partial charge in [-0.1, -0.05) is 12.0 Å². The number of carbonyl (C=O) groups excluding carboxylic acids is 1. The lowest BCUT2D eigenvalue weighted by Gasteiger charge is -2.08. The Morgan fingerprint density at radius 1 is 1.16 bits per heavy atom. The van der Waals surface area contributed by atoms with E-state index in [9.17, 15) is 4.79 Å². The summed E-state index contributed by atoms with van der Waals surface area (Å²) in [7, 11) is 3.15. The summed E-state index contributed by atoms with van der Waals surface area (Å²) in [5.74, 6) is 4.02. The summed E-state index contributed by atoms with van der Waals surface area (Å²) in [4.78, 5) is 12.1. The van der Waals surface area contributed by atoms with Gasteiger partial charge in [0.2, 0.25) is 5.91 Å². The van der Waals surface area contributed by atoms with Gasteiger partial charge in [-0.3, -0.25) is 4.79 Å². The third-order valence-corrected chi connectivity index (χ3v) is 3.28. The minimum atomic E-state index is -0.271. The molecular weight excluding hydrogens is 318 g/mol. The Hall–Kier alpha value is -3.39. The number of methoxy groups -OCH3 is 2. The monoisotopic (exact) mass is 337 g/mol. The lowest BCUT2D eigenvalue weighted by atomic mass is 10.1. The number of terminal acetylenes is 1. The number of hydrogen-bond donors (Lipinski definition) is 1. The van der Waals surface area contributed by atoms with Crippen LogP contribution in [0.15, 0.2) is 48.5 Å². The van der Waals surface area contributed by atoms with Gasteiger partial charge < -0.3 is 19.5 Å². The molecule has 0 fully saturated rings. The fraction of sp³-hybridized carbons (Fsp3) is 0.150. The molecule has 0 heterocycles. The Kier molecular flexibility index (Phi) is 6.49. The van der Waals surface area contributed by atoms with Gasteiger partial charge >= 0.3 is 0 Å². The number of hydrogen-bond acceptors (Lipinski definition) is 4. The Bertz CT molecular complexity index is 806. The number of carbonyl (C=O) groups is 1. The molecule has 0 bridgehead atoms. The molecule has 0 aliphatic heterocycles. The average Bonchev–Trinajstić information content (AvgIpc) is 2.64. The highest BCUT2D eigenvalue weighted by Crippen LogP contribution is 2.25. The van der Waals surface area contributed by atoms with E-state index in [2.05, 4.69) is 11.2 Å². The SMILES string of the molecule is C#CCOc1cccc(NC(=O)C=Cc2ccc(OC)cc2OC)c1. The van der Waals surface area contributed by atoms with Gasteiger partial charge in [0.25, 0.3) is 0 Å². The van der Waals surface area contributed by atoms with Gasteiger partial charge in [-0.05, 0) is 30.3 Å². The van der Waals surface area contributed by atoms with E-state index in [1.54, 1.807) is 56.7 Å². The number of nitrogens with one attached hydrogen (secondary N) is 1. The third kappa shape index (κ3) is 5.33. The summed E-state index contributed by atoms with van der Waals surface area (Å²) < 4.78 is 15.8. The Morgan fingerprint density at radius 3 is 2.72 bits per heavy atom. The molecule has 0 radical (unpaired) electrons. The predicted octanol–water partition coefficient (Wildman–Crippen LogP) is 3.37. The molecule has 0 saturated heterocycles. The van der Waals surface area contributed by atoms with Crippen LogP contribution in [0.25, 0.3) is 6.08 Å². The van der Waals surface area contributed by atoms with Crippen molar-refractivity contribution >= 4 is 17.7 Å². The molecule has 2 aromatic carbocycles. The van der Waals surface area contributed by atoms with E-state index in [0.29, 0.717) is 22.9 Å². The summed E-state index contributed by atoms with van der Waals surface area (Å²) in [6, 6.07) is 12.4. The fourth-order valence-electron chi connectivity index (χ4n) is 2.09. The van der Waals surface area contributed by atoms with Crippen LogP contribution in [0.5, 0.6) is 17.2 Å². The first-order chi connectivity index (χ1) is 12.2. The van der Waals surface area contributed by atoms with Crippen molar-refractivity contribution in [2.75, 3.05) is 26.1 Å². The van der Waals surface area contributed by atoms with E-state index in [1.807, 2.05) is 6.07 Å². The van der Waals surface area contributed by atoms with Gasteiger partial charge in [0, 0.05) is 29.5 Å². The van der Waals surface area contributed by atoms with Crippen LogP contribution in [-0.2, 0) is 4.79 Å². The first-order valence-electron chi connectivity index (χ1n) is 7.53. The van der Waals surface area contributed by atoms with Gasteiger partial charge in [0.05, 0.1) is 14.2 Å². The summed E-state index contributed by atoms with van der Waals surface area (Å²) in [5.41, 5.74) is 1.38. The molecule has 2 aromatic rings. The second kappa shape index (κ2) is 9.04. The lowest BCUT2D eigenvalue weighted by Crippen LogP contribution is -2.08. The first-order valence-corrected chi connectivity index (χ1v) is 7.53. The Labute approximate surface area is 147 Å². The van der Waals surface area contributed by atoms with Crippen LogP contribution in [0.3, 0.4) is 0 Å². The Morgan fingerprint density at radius 2 is 2.00 bits per heavy atom. The number of rotatable bonds is 7.